The zero-order valence-corrected chi connectivity index (χ0v) is 14.3. The first kappa shape index (κ1) is 18.0. The second-order valence-corrected chi connectivity index (χ2v) is 6.19. The van der Waals surface area contributed by atoms with E-state index in [2.05, 4.69) is 10.3 Å². The van der Waals surface area contributed by atoms with Crippen molar-refractivity contribution >= 4 is 11.6 Å². The molecule has 1 aliphatic carbocycles. The number of alkyl halides is 1. The summed E-state index contributed by atoms with van der Waals surface area (Å²) in [6.45, 7) is -0.988. The Balaban J connectivity index is 1.84. The number of carbonyl (C=O) groups is 1. The summed E-state index contributed by atoms with van der Waals surface area (Å²) in [5.74, 6) is 0.204. The minimum Gasteiger partial charge on any atom is -0.490 e. The molecule has 0 spiro atoms. The van der Waals surface area contributed by atoms with Gasteiger partial charge in [0.15, 0.2) is 0 Å². The number of hydrogen-bond donors (Lipinski definition) is 2. The minimum absolute atomic E-state index is 0.0582. The van der Waals surface area contributed by atoms with E-state index in [0.717, 1.165) is 25.7 Å². The van der Waals surface area contributed by atoms with E-state index in [1.54, 1.807) is 18.2 Å². The van der Waals surface area contributed by atoms with Gasteiger partial charge in [0, 0.05) is 18.0 Å². The van der Waals surface area contributed by atoms with Gasteiger partial charge in [-0.05, 0) is 49.9 Å². The molecule has 26 heavy (non-hydrogen) atoms. The van der Waals surface area contributed by atoms with E-state index in [0.29, 0.717) is 11.4 Å². The van der Waals surface area contributed by atoms with Gasteiger partial charge in [0.05, 0.1) is 11.7 Å². The number of H-pyrrole nitrogens is 1. The summed E-state index contributed by atoms with van der Waals surface area (Å²) < 4.78 is 23.4. The van der Waals surface area contributed by atoms with Gasteiger partial charge in [-0.2, -0.15) is 0 Å². The van der Waals surface area contributed by atoms with Crippen LogP contribution in [-0.4, -0.2) is 23.9 Å². The molecule has 0 bridgehead atoms. The lowest BCUT2D eigenvalue weighted by Gasteiger charge is -2.24. The number of pyridine rings is 1. The Morgan fingerprint density at radius 1 is 1.19 bits per heavy atom. The third-order valence-corrected chi connectivity index (χ3v) is 4.30. The maximum Gasteiger partial charge on any atom is 0.259 e. The predicted molar refractivity (Wildman–Crippen MR) is 95.6 cm³/mol. The lowest BCUT2D eigenvalue weighted by Crippen LogP contribution is -2.22. The van der Waals surface area contributed by atoms with E-state index in [1.165, 1.54) is 24.8 Å². The Kier molecular flexibility index (Phi) is 5.88. The van der Waals surface area contributed by atoms with Crippen LogP contribution in [0.15, 0.2) is 41.3 Å². The highest BCUT2D eigenvalue weighted by Gasteiger charge is 2.20. The maximum absolute atomic E-state index is 12.7. The number of anilines is 1. The molecule has 0 radical (unpaired) electrons. The van der Waals surface area contributed by atoms with E-state index in [4.69, 9.17) is 9.47 Å². The number of hydrogen-bond acceptors (Lipinski definition) is 4. The summed E-state index contributed by atoms with van der Waals surface area (Å²) in [7, 11) is 0. The van der Waals surface area contributed by atoms with Crippen LogP contribution in [0.25, 0.3) is 0 Å². The molecule has 1 aromatic carbocycles. The number of aromatic amines is 1. The molecule has 1 amide bonds. The molecule has 1 saturated carbocycles. The molecule has 0 saturated heterocycles. The largest absolute Gasteiger partial charge is 0.490 e. The van der Waals surface area contributed by atoms with Gasteiger partial charge in [-0.15, -0.1) is 0 Å². The van der Waals surface area contributed by atoms with E-state index >= 15 is 0 Å². The predicted octanol–water partition coefficient (Wildman–Crippen LogP) is 3.64. The summed E-state index contributed by atoms with van der Waals surface area (Å²) >= 11 is 0. The van der Waals surface area contributed by atoms with Gasteiger partial charge in [-0.1, -0.05) is 6.42 Å². The monoisotopic (exact) mass is 360 g/mol. The Labute approximate surface area is 150 Å². The first-order valence-electron chi connectivity index (χ1n) is 8.65. The topological polar surface area (TPSA) is 80.4 Å². The van der Waals surface area contributed by atoms with Crippen molar-refractivity contribution < 1.29 is 18.7 Å². The second kappa shape index (κ2) is 8.51. The molecule has 0 unspecified atom stereocenters. The maximum atomic E-state index is 12.7. The van der Waals surface area contributed by atoms with Crippen LogP contribution in [0, 0.1) is 0 Å². The average Bonchev–Trinajstić information content (AvgIpc) is 2.64. The Bertz CT molecular complexity index is 815. The van der Waals surface area contributed by atoms with Crippen LogP contribution in [0.5, 0.6) is 11.5 Å². The molecule has 3 rings (SSSR count). The van der Waals surface area contributed by atoms with Gasteiger partial charge in [0.25, 0.3) is 5.91 Å². The molecule has 1 aromatic heterocycles. The van der Waals surface area contributed by atoms with Gasteiger partial charge in [0.1, 0.15) is 11.5 Å². The lowest BCUT2D eigenvalue weighted by atomic mass is 9.97. The SMILES string of the molecule is O=C(Nc1cc[nH]c(=O)c1)c1cc(OCF)ccc1OC1CCCCC1. The van der Waals surface area contributed by atoms with Crippen LogP contribution < -0.4 is 20.3 Å². The first-order valence-corrected chi connectivity index (χ1v) is 8.65. The van der Waals surface area contributed by atoms with E-state index < -0.39 is 12.8 Å². The first-order chi connectivity index (χ1) is 12.7. The van der Waals surface area contributed by atoms with Crippen LogP contribution in [0.1, 0.15) is 42.5 Å². The van der Waals surface area contributed by atoms with Crippen molar-refractivity contribution in [2.45, 2.75) is 38.2 Å². The normalized spacial score (nSPS) is 14.7. The van der Waals surface area contributed by atoms with Crippen molar-refractivity contribution in [2.24, 2.45) is 0 Å². The van der Waals surface area contributed by atoms with Crippen LogP contribution in [0.4, 0.5) is 10.1 Å². The number of halogens is 1. The van der Waals surface area contributed by atoms with Crippen LogP contribution in [0.3, 0.4) is 0 Å². The van der Waals surface area contributed by atoms with Gasteiger partial charge in [-0.3, -0.25) is 9.59 Å². The molecule has 2 N–H and O–H groups in total. The fraction of sp³-hybridized carbons (Fsp3) is 0.368. The van der Waals surface area contributed by atoms with E-state index in [9.17, 15) is 14.0 Å². The van der Waals surface area contributed by atoms with Crippen LogP contribution in [-0.2, 0) is 0 Å². The Morgan fingerprint density at radius 3 is 2.73 bits per heavy atom. The van der Waals surface area contributed by atoms with Gasteiger partial charge in [0.2, 0.25) is 12.4 Å². The zero-order valence-electron chi connectivity index (χ0n) is 14.3. The highest BCUT2D eigenvalue weighted by atomic mass is 19.1. The molecular formula is C19H21FN2O4. The van der Waals surface area contributed by atoms with Crippen molar-refractivity contribution in [1.82, 2.24) is 4.98 Å². The summed E-state index contributed by atoms with van der Waals surface area (Å²) in [6.07, 6.45) is 6.78. The van der Waals surface area contributed by atoms with Gasteiger partial charge >= 0.3 is 0 Å². The Hall–Kier alpha value is -2.83. The third-order valence-electron chi connectivity index (χ3n) is 4.30. The Morgan fingerprint density at radius 2 is 2.00 bits per heavy atom. The molecule has 0 aliphatic heterocycles. The second-order valence-electron chi connectivity index (χ2n) is 6.19. The fourth-order valence-electron chi connectivity index (χ4n) is 3.03. The summed E-state index contributed by atoms with van der Waals surface area (Å²) in [5.41, 5.74) is 0.275. The summed E-state index contributed by atoms with van der Waals surface area (Å²) in [6, 6.07) is 7.48. The molecule has 1 heterocycles. The number of carbonyl (C=O) groups excluding carboxylic acids is 1. The molecule has 2 aromatic rings. The van der Waals surface area contributed by atoms with Crippen LogP contribution in [0.2, 0.25) is 0 Å². The summed E-state index contributed by atoms with van der Waals surface area (Å²) in [5, 5.41) is 2.66. The lowest BCUT2D eigenvalue weighted by molar-refractivity contribution is 0.101. The summed E-state index contributed by atoms with van der Waals surface area (Å²) in [4.78, 5) is 26.6. The highest BCUT2D eigenvalue weighted by molar-refractivity contribution is 6.06. The zero-order chi connectivity index (χ0) is 18.4. The molecule has 138 valence electrons. The molecular weight excluding hydrogens is 339 g/mol. The highest BCUT2D eigenvalue weighted by Crippen LogP contribution is 2.29. The van der Waals surface area contributed by atoms with E-state index in [1.807, 2.05) is 0 Å². The number of aromatic nitrogens is 1. The molecule has 1 aliphatic rings. The number of nitrogens with one attached hydrogen (secondary N) is 2. The van der Waals surface area contributed by atoms with Crippen molar-refractivity contribution in [2.75, 3.05) is 12.2 Å². The quantitative estimate of drug-likeness (QED) is 0.824. The minimum atomic E-state index is -0.988. The molecule has 0 atom stereocenters. The van der Waals surface area contributed by atoms with Crippen molar-refractivity contribution in [3.8, 4) is 11.5 Å². The number of amides is 1. The standard InChI is InChI=1S/C19H21FN2O4/c20-12-25-15-6-7-17(26-14-4-2-1-3-5-14)16(11-15)19(24)22-13-8-9-21-18(23)10-13/h6-11,14H,1-5,12H2,(H2,21,22,23,24). The molecule has 7 heteroatoms. The van der Waals surface area contributed by atoms with Gasteiger partial charge in [-0.25, -0.2) is 4.39 Å². The number of ether oxygens (including phenoxy) is 2. The smallest absolute Gasteiger partial charge is 0.259 e. The van der Waals surface area contributed by atoms with E-state index in [-0.39, 0.29) is 23.0 Å². The number of benzene rings is 1. The number of rotatable bonds is 6. The van der Waals surface area contributed by atoms with Crippen molar-refractivity contribution in [1.29, 1.82) is 0 Å². The average molecular weight is 360 g/mol. The molecule has 6 nitrogen and oxygen atoms in total. The molecule has 1 fully saturated rings. The van der Waals surface area contributed by atoms with Crippen LogP contribution >= 0.6 is 0 Å². The third kappa shape index (κ3) is 4.62. The van der Waals surface area contributed by atoms with Gasteiger partial charge < -0.3 is 19.8 Å². The van der Waals surface area contributed by atoms with Crippen molar-refractivity contribution in [3.05, 3.63) is 52.4 Å². The van der Waals surface area contributed by atoms with Crippen molar-refractivity contribution in [3.63, 3.8) is 0 Å². The fourth-order valence-corrected chi connectivity index (χ4v) is 3.03.